The van der Waals surface area contributed by atoms with Crippen LogP contribution in [0.15, 0.2) is 36.4 Å². The molecular formula is C26H28ClFN4O3. The quantitative estimate of drug-likeness (QED) is 0.484. The van der Waals surface area contributed by atoms with Gasteiger partial charge in [0.2, 0.25) is 0 Å². The van der Waals surface area contributed by atoms with Gasteiger partial charge >= 0.3 is 6.03 Å². The average Bonchev–Trinajstić information content (AvgIpc) is 3.25. The van der Waals surface area contributed by atoms with Crippen molar-refractivity contribution >= 4 is 34.4 Å². The van der Waals surface area contributed by atoms with Crippen molar-refractivity contribution in [3.05, 3.63) is 64.1 Å². The van der Waals surface area contributed by atoms with Crippen LogP contribution in [-0.4, -0.2) is 68.4 Å². The number of nitrogens with zero attached hydrogens (tertiary/aromatic N) is 3. The minimum atomic E-state index is -1.14. The van der Waals surface area contributed by atoms with Crippen LogP contribution in [0.25, 0.3) is 10.9 Å². The van der Waals surface area contributed by atoms with E-state index in [4.69, 9.17) is 11.6 Å². The molecule has 1 aromatic heterocycles. The van der Waals surface area contributed by atoms with Crippen molar-refractivity contribution in [2.24, 2.45) is 0 Å². The molecule has 184 valence electrons. The van der Waals surface area contributed by atoms with E-state index in [2.05, 4.69) is 9.88 Å². The Bertz CT molecular complexity index is 1340. The van der Waals surface area contributed by atoms with E-state index in [0.29, 0.717) is 29.9 Å². The van der Waals surface area contributed by atoms with Gasteiger partial charge in [-0.3, -0.25) is 14.6 Å². The first-order valence-corrected chi connectivity index (χ1v) is 12.2. The third-order valence-corrected chi connectivity index (χ3v) is 7.72. The normalized spacial score (nSPS) is 21.8. The standard InChI is InChI=1S/C26H28ClFN4O3/c1-4-30(5-2)9-10-31-24(34)26(3)14-18-17-12-19(27)20(28)13-21(17)29-22(18)23(32(26)25(31)35)15-7-6-8-16(33)11-15/h6-8,11-13,23,29,33H,4-5,9-10,14H2,1-3H3/t23?,26-/m0/s1. The summed E-state index contributed by atoms with van der Waals surface area (Å²) in [6.07, 6.45) is 0.270. The molecule has 3 heterocycles. The van der Waals surface area contributed by atoms with Crippen LogP contribution in [0.4, 0.5) is 9.18 Å². The van der Waals surface area contributed by atoms with E-state index >= 15 is 0 Å². The lowest BCUT2D eigenvalue weighted by atomic mass is 9.81. The number of phenols is 1. The lowest BCUT2D eigenvalue weighted by Crippen LogP contribution is -2.53. The van der Waals surface area contributed by atoms with Crippen molar-refractivity contribution in [3.63, 3.8) is 0 Å². The maximum atomic E-state index is 14.3. The van der Waals surface area contributed by atoms with Crippen molar-refractivity contribution in [1.82, 2.24) is 19.7 Å². The lowest BCUT2D eigenvalue weighted by Gasteiger charge is -2.42. The Balaban J connectivity index is 1.67. The van der Waals surface area contributed by atoms with E-state index in [9.17, 15) is 19.1 Å². The summed E-state index contributed by atoms with van der Waals surface area (Å²) in [5, 5.41) is 10.9. The second kappa shape index (κ2) is 8.53. The highest BCUT2D eigenvalue weighted by molar-refractivity contribution is 6.31. The maximum Gasteiger partial charge on any atom is 0.328 e. The van der Waals surface area contributed by atoms with E-state index in [-0.39, 0.29) is 29.1 Å². The van der Waals surface area contributed by atoms with E-state index in [1.54, 1.807) is 36.1 Å². The zero-order valence-corrected chi connectivity index (χ0v) is 20.7. The molecule has 0 bridgehead atoms. The molecule has 2 atom stereocenters. The molecule has 3 amide bonds. The SMILES string of the molecule is CCN(CC)CCN1C(=O)N2C(c3cccc(O)c3)c3[nH]c4cc(F)c(Cl)cc4c3C[C@@]2(C)C1=O. The minimum absolute atomic E-state index is 0.00420. The van der Waals surface area contributed by atoms with Crippen LogP contribution in [0.3, 0.4) is 0 Å². The molecule has 3 aromatic rings. The number of rotatable bonds is 6. The Morgan fingerprint density at radius 1 is 1.23 bits per heavy atom. The Hall–Kier alpha value is -3.10. The Morgan fingerprint density at radius 3 is 2.66 bits per heavy atom. The number of likely N-dealkylation sites (N-methyl/N-ethyl adjacent to an activating group) is 1. The van der Waals surface area contributed by atoms with Crippen molar-refractivity contribution in [3.8, 4) is 5.75 Å². The zero-order chi connectivity index (χ0) is 25.1. The van der Waals surface area contributed by atoms with Gasteiger partial charge in [-0.05, 0) is 55.4 Å². The highest BCUT2D eigenvalue weighted by Crippen LogP contribution is 2.49. The van der Waals surface area contributed by atoms with E-state index in [1.165, 1.54) is 11.0 Å². The van der Waals surface area contributed by atoms with Crippen LogP contribution >= 0.6 is 11.6 Å². The molecule has 0 spiro atoms. The molecule has 0 saturated carbocycles. The predicted molar refractivity (Wildman–Crippen MR) is 132 cm³/mol. The number of aromatic nitrogens is 1. The number of aromatic hydroxyl groups is 1. The first-order valence-electron chi connectivity index (χ1n) is 11.9. The molecule has 9 heteroatoms. The highest BCUT2D eigenvalue weighted by Gasteiger charge is 2.60. The zero-order valence-electron chi connectivity index (χ0n) is 19.9. The summed E-state index contributed by atoms with van der Waals surface area (Å²) in [5.41, 5.74) is 1.57. The molecule has 2 aromatic carbocycles. The van der Waals surface area contributed by atoms with Gasteiger partial charge in [0.1, 0.15) is 23.1 Å². The smallest absolute Gasteiger partial charge is 0.328 e. The number of H-pyrrole nitrogens is 1. The maximum absolute atomic E-state index is 14.3. The third-order valence-electron chi connectivity index (χ3n) is 7.43. The molecule has 2 aliphatic rings. The molecule has 1 fully saturated rings. The predicted octanol–water partition coefficient (Wildman–Crippen LogP) is 4.68. The average molecular weight is 499 g/mol. The summed E-state index contributed by atoms with van der Waals surface area (Å²) < 4.78 is 14.3. The van der Waals surface area contributed by atoms with E-state index in [0.717, 1.165) is 24.0 Å². The fourth-order valence-electron chi connectivity index (χ4n) is 5.53. The summed E-state index contributed by atoms with van der Waals surface area (Å²) in [6, 6.07) is 8.54. The summed E-state index contributed by atoms with van der Waals surface area (Å²) in [5.74, 6) is -0.751. The molecular weight excluding hydrogens is 471 g/mol. The van der Waals surface area contributed by atoms with Crippen LogP contribution in [0, 0.1) is 5.82 Å². The Kier molecular flexibility index (Phi) is 5.76. The number of carbonyl (C=O) groups excluding carboxylic acids is 2. The first kappa shape index (κ1) is 23.6. The van der Waals surface area contributed by atoms with Crippen molar-refractivity contribution in [1.29, 1.82) is 0 Å². The van der Waals surface area contributed by atoms with Crippen LogP contribution in [0.2, 0.25) is 5.02 Å². The van der Waals surface area contributed by atoms with E-state index in [1.807, 2.05) is 19.9 Å². The minimum Gasteiger partial charge on any atom is -0.508 e. The van der Waals surface area contributed by atoms with Gasteiger partial charge in [-0.15, -0.1) is 0 Å². The molecule has 1 saturated heterocycles. The van der Waals surface area contributed by atoms with Crippen LogP contribution < -0.4 is 0 Å². The number of nitrogens with one attached hydrogen (secondary N) is 1. The summed E-state index contributed by atoms with van der Waals surface area (Å²) >= 11 is 6.11. The van der Waals surface area contributed by atoms with Crippen LogP contribution in [0.1, 0.15) is 43.6 Å². The van der Waals surface area contributed by atoms with Crippen molar-refractivity contribution in [2.45, 2.75) is 38.8 Å². The van der Waals surface area contributed by atoms with Gasteiger partial charge < -0.3 is 15.0 Å². The van der Waals surface area contributed by atoms with Gasteiger partial charge in [0.05, 0.1) is 5.02 Å². The lowest BCUT2D eigenvalue weighted by molar-refractivity contribution is -0.133. The number of urea groups is 1. The number of aromatic amines is 1. The number of phenolic OH excluding ortho intramolecular Hbond substituents is 1. The largest absolute Gasteiger partial charge is 0.508 e. The van der Waals surface area contributed by atoms with Crippen LogP contribution in [-0.2, 0) is 11.2 Å². The fourth-order valence-corrected chi connectivity index (χ4v) is 5.69. The molecule has 1 unspecified atom stereocenters. The van der Waals surface area contributed by atoms with Crippen molar-refractivity contribution < 1.29 is 19.1 Å². The second-order valence-corrected chi connectivity index (χ2v) is 9.82. The number of carbonyl (C=O) groups is 2. The van der Waals surface area contributed by atoms with Gasteiger partial charge in [-0.25, -0.2) is 9.18 Å². The van der Waals surface area contributed by atoms with Gasteiger partial charge in [0, 0.05) is 36.1 Å². The number of benzene rings is 2. The summed E-state index contributed by atoms with van der Waals surface area (Å²) in [6.45, 7) is 8.42. The Morgan fingerprint density at radius 2 is 1.97 bits per heavy atom. The topological polar surface area (TPSA) is 79.9 Å². The molecule has 5 rings (SSSR count). The molecule has 7 nitrogen and oxygen atoms in total. The monoisotopic (exact) mass is 498 g/mol. The third kappa shape index (κ3) is 3.58. The van der Waals surface area contributed by atoms with Gasteiger partial charge in [-0.1, -0.05) is 37.6 Å². The van der Waals surface area contributed by atoms with E-state index < -0.39 is 17.4 Å². The summed E-state index contributed by atoms with van der Waals surface area (Å²) in [7, 11) is 0. The highest BCUT2D eigenvalue weighted by atomic mass is 35.5. The second-order valence-electron chi connectivity index (χ2n) is 9.41. The van der Waals surface area contributed by atoms with Gasteiger partial charge in [0.15, 0.2) is 0 Å². The summed E-state index contributed by atoms with van der Waals surface area (Å²) in [4.78, 5) is 36.0. The number of hydrogen-bond acceptors (Lipinski definition) is 4. The fraction of sp³-hybridized carbons (Fsp3) is 0.385. The number of hydrogen-bond donors (Lipinski definition) is 2. The van der Waals surface area contributed by atoms with Crippen LogP contribution in [0.5, 0.6) is 5.75 Å². The van der Waals surface area contributed by atoms with Crippen molar-refractivity contribution in [2.75, 3.05) is 26.2 Å². The molecule has 0 radical (unpaired) electrons. The molecule has 2 N–H and O–H groups in total. The molecule has 0 aliphatic carbocycles. The Labute approximate surface area is 208 Å². The molecule has 35 heavy (non-hydrogen) atoms. The number of fused-ring (bicyclic) bond motifs is 4. The number of imide groups is 1. The first-order chi connectivity index (χ1) is 16.7. The number of halogens is 2. The molecule has 2 aliphatic heterocycles. The number of amides is 3. The van der Waals surface area contributed by atoms with Gasteiger partial charge in [-0.2, -0.15) is 0 Å². The van der Waals surface area contributed by atoms with Gasteiger partial charge in [0.25, 0.3) is 5.91 Å².